The van der Waals surface area contributed by atoms with Gasteiger partial charge in [-0.3, -0.25) is 9.59 Å². The Balaban J connectivity index is 1.66. The van der Waals surface area contributed by atoms with Gasteiger partial charge in [0.25, 0.3) is 0 Å². The monoisotopic (exact) mass is 352 g/mol. The molecule has 0 heterocycles. The first-order valence-electron chi connectivity index (χ1n) is 10.6. The van der Waals surface area contributed by atoms with Gasteiger partial charge in [0, 0.05) is 0 Å². The largest absolute Gasteiger partial charge is 0.465 e. The standard InChI is InChI=1S/C21H36O4/c1-2-3-4-5-9-15-24-20(22)17-11-10-12-18(16-17)21(23)25-19-13-7-6-8-14-19/h17-19H,2-16H2,1H3. The molecule has 2 fully saturated rings. The first kappa shape index (κ1) is 20.3. The van der Waals surface area contributed by atoms with Crippen LogP contribution in [0, 0.1) is 11.8 Å². The van der Waals surface area contributed by atoms with Crippen LogP contribution in [0.3, 0.4) is 0 Å². The number of carbonyl (C=O) groups is 2. The fourth-order valence-electron chi connectivity index (χ4n) is 4.06. The molecule has 0 N–H and O–H groups in total. The van der Waals surface area contributed by atoms with E-state index < -0.39 is 0 Å². The van der Waals surface area contributed by atoms with Crippen LogP contribution >= 0.6 is 0 Å². The third-order valence-corrected chi connectivity index (χ3v) is 5.67. The Labute approximate surface area is 153 Å². The summed E-state index contributed by atoms with van der Waals surface area (Å²) in [5, 5.41) is 0. The van der Waals surface area contributed by atoms with Gasteiger partial charge in [-0.1, -0.05) is 45.4 Å². The van der Waals surface area contributed by atoms with Crippen molar-refractivity contribution in [3.63, 3.8) is 0 Å². The van der Waals surface area contributed by atoms with Crippen LogP contribution in [0.5, 0.6) is 0 Å². The van der Waals surface area contributed by atoms with E-state index in [-0.39, 0.29) is 29.9 Å². The van der Waals surface area contributed by atoms with Gasteiger partial charge in [0.15, 0.2) is 0 Å². The van der Waals surface area contributed by atoms with Gasteiger partial charge in [0.1, 0.15) is 6.10 Å². The molecule has 25 heavy (non-hydrogen) atoms. The highest BCUT2D eigenvalue weighted by Gasteiger charge is 2.34. The molecular formula is C21H36O4. The number of ether oxygens (including phenoxy) is 2. The average molecular weight is 353 g/mol. The average Bonchev–Trinajstić information content (AvgIpc) is 2.65. The van der Waals surface area contributed by atoms with Gasteiger partial charge >= 0.3 is 11.9 Å². The minimum atomic E-state index is -0.117. The summed E-state index contributed by atoms with van der Waals surface area (Å²) in [6, 6.07) is 0. The zero-order valence-electron chi connectivity index (χ0n) is 16.0. The molecule has 0 spiro atoms. The van der Waals surface area contributed by atoms with Crippen LogP contribution in [-0.4, -0.2) is 24.6 Å². The van der Waals surface area contributed by atoms with E-state index in [1.54, 1.807) is 0 Å². The van der Waals surface area contributed by atoms with Crippen molar-refractivity contribution in [3.05, 3.63) is 0 Å². The summed E-state index contributed by atoms with van der Waals surface area (Å²) in [5.74, 6) is -0.416. The Bertz CT molecular complexity index is 401. The van der Waals surface area contributed by atoms with Crippen molar-refractivity contribution in [2.45, 2.75) is 103 Å². The molecule has 0 aliphatic heterocycles. The number of carbonyl (C=O) groups excluding carboxylic acids is 2. The minimum absolute atomic E-state index is 0.0797. The van der Waals surface area contributed by atoms with Crippen molar-refractivity contribution >= 4 is 11.9 Å². The summed E-state index contributed by atoms with van der Waals surface area (Å²) >= 11 is 0. The Kier molecular flexibility index (Phi) is 9.35. The highest BCUT2D eigenvalue weighted by atomic mass is 16.5. The quantitative estimate of drug-likeness (QED) is 0.424. The van der Waals surface area contributed by atoms with Crippen molar-refractivity contribution in [1.82, 2.24) is 0 Å². The summed E-state index contributed by atoms with van der Waals surface area (Å²) < 4.78 is 11.2. The Morgan fingerprint density at radius 1 is 0.800 bits per heavy atom. The maximum absolute atomic E-state index is 12.4. The normalized spacial score (nSPS) is 24.7. The number of rotatable bonds is 9. The number of esters is 2. The van der Waals surface area contributed by atoms with Crippen LogP contribution in [0.15, 0.2) is 0 Å². The molecule has 2 atom stereocenters. The lowest BCUT2D eigenvalue weighted by Gasteiger charge is -2.29. The second-order valence-electron chi connectivity index (χ2n) is 7.84. The zero-order chi connectivity index (χ0) is 17.9. The van der Waals surface area contributed by atoms with Crippen LogP contribution in [0.2, 0.25) is 0 Å². The van der Waals surface area contributed by atoms with Gasteiger partial charge in [0.2, 0.25) is 0 Å². The predicted octanol–water partition coefficient (Wildman–Crippen LogP) is 5.18. The lowest BCUT2D eigenvalue weighted by Crippen LogP contribution is -2.32. The molecule has 2 unspecified atom stereocenters. The molecule has 4 nitrogen and oxygen atoms in total. The fraction of sp³-hybridized carbons (Fsp3) is 0.905. The third-order valence-electron chi connectivity index (χ3n) is 5.67. The van der Waals surface area contributed by atoms with E-state index >= 15 is 0 Å². The van der Waals surface area contributed by atoms with Crippen molar-refractivity contribution in [2.75, 3.05) is 6.61 Å². The summed E-state index contributed by atoms with van der Waals surface area (Å²) in [6.07, 6.45) is 14.7. The predicted molar refractivity (Wildman–Crippen MR) is 98.1 cm³/mol. The Hall–Kier alpha value is -1.06. The molecule has 2 saturated carbocycles. The van der Waals surface area contributed by atoms with Gasteiger partial charge in [-0.15, -0.1) is 0 Å². The van der Waals surface area contributed by atoms with Crippen molar-refractivity contribution in [3.8, 4) is 0 Å². The van der Waals surface area contributed by atoms with E-state index in [2.05, 4.69) is 6.92 Å². The van der Waals surface area contributed by atoms with Gasteiger partial charge in [0.05, 0.1) is 18.4 Å². The van der Waals surface area contributed by atoms with Crippen LogP contribution in [-0.2, 0) is 19.1 Å². The van der Waals surface area contributed by atoms with E-state index in [1.165, 1.54) is 25.7 Å². The molecule has 0 radical (unpaired) electrons. The van der Waals surface area contributed by atoms with Crippen LogP contribution in [0.25, 0.3) is 0 Å². The summed E-state index contributed by atoms with van der Waals surface area (Å²) in [4.78, 5) is 24.7. The SMILES string of the molecule is CCCCCCCOC(=O)C1CCCC(C(=O)OC2CCCCC2)C1. The maximum atomic E-state index is 12.4. The fourth-order valence-corrected chi connectivity index (χ4v) is 4.06. The third kappa shape index (κ3) is 7.37. The van der Waals surface area contributed by atoms with E-state index in [9.17, 15) is 9.59 Å². The molecule has 0 aromatic heterocycles. The molecule has 0 bridgehead atoms. The van der Waals surface area contributed by atoms with E-state index in [4.69, 9.17) is 9.47 Å². The van der Waals surface area contributed by atoms with Crippen LogP contribution in [0.1, 0.15) is 96.8 Å². The van der Waals surface area contributed by atoms with Gasteiger partial charge in [-0.25, -0.2) is 0 Å². The number of hydrogen-bond acceptors (Lipinski definition) is 4. The lowest BCUT2D eigenvalue weighted by atomic mass is 9.81. The van der Waals surface area contributed by atoms with Gasteiger partial charge in [-0.05, 0) is 51.4 Å². The van der Waals surface area contributed by atoms with Crippen LogP contribution in [0.4, 0.5) is 0 Å². The maximum Gasteiger partial charge on any atom is 0.309 e. The summed E-state index contributed by atoms with van der Waals surface area (Å²) in [5.41, 5.74) is 0. The van der Waals surface area contributed by atoms with Gasteiger partial charge in [-0.2, -0.15) is 0 Å². The topological polar surface area (TPSA) is 52.6 Å². The Morgan fingerprint density at radius 2 is 1.48 bits per heavy atom. The van der Waals surface area contributed by atoms with Crippen molar-refractivity contribution in [2.24, 2.45) is 11.8 Å². The summed E-state index contributed by atoms with van der Waals surface area (Å²) in [7, 11) is 0. The molecular weight excluding hydrogens is 316 g/mol. The zero-order valence-corrected chi connectivity index (χ0v) is 16.0. The molecule has 2 rings (SSSR count). The minimum Gasteiger partial charge on any atom is -0.465 e. The van der Waals surface area contributed by atoms with Crippen molar-refractivity contribution in [1.29, 1.82) is 0 Å². The van der Waals surface area contributed by atoms with Gasteiger partial charge < -0.3 is 9.47 Å². The second kappa shape index (κ2) is 11.5. The molecule has 2 aliphatic carbocycles. The number of unbranched alkanes of at least 4 members (excludes halogenated alkanes) is 4. The molecule has 2 aliphatic rings. The highest BCUT2D eigenvalue weighted by Crippen LogP contribution is 2.32. The van der Waals surface area contributed by atoms with E-state index in [0.717, 1.165) is 57.8 Å². The first-order valence-corrected chi connectivity index (χ1v) is 10.6. The molecule has 144 valence electrons. The molecule has 0 aromatic rings. The van der Waals surface area contributed by atoms with E-state index in [0.29, 0.717) is 13.0 Å². The summed E-state index contributed by atoms with van der Waals surface area (Å²) in [6.45, 7) is 2.72. The molecule has 0 saturated heterocycles. The smallest absolute Gasteiger partial charge is 0.309 e. The van der Waals surface area contributed by atoms with Crippen LogP contribution < -0.4 is 0 Å². The highest BCUT2D eigenvalue weighted by molar-refractivity contribution is 5.76. The van der Waals surface area contributed by atoms with Crippen molar-refractivity contribution < 1.29 is 19.1 Å². The van der Waals surface area contributed by atoms with E-state index in [1.807, 2.05) is 0 Å². The first-order chi connectivity index (χ1) is 12.2. The molecule has 4 heteroatoms. The number of hydrogen-bond donors (Lipinski definition) is 0. The molecule has 0 amide bonds. The lowest BCUT2D eigenvalue weighted by molar-refractivity contribution is -0.159. The Morgan fingerprint density at radius 3 is 2.20 bits per heavy atom. The molecule has 0 aromatic carbocycles. The second-order valence-corrected chi connectivity index (χ2v) is 7.84.